The molecule has 0 amide bonds. The van der Waals surface area contributed by atoms with Crippen molar-refractivity contribution in [1.82, 2.24) is 0 Å². The first-order valence-corrected chi connectivity index (χ1v) is 25.7. The monoisotopic (exact) mass is 901 g/mol. The van der Waals surface area contributed by atoms with Crippen molar-refractivity contribution >= 4 is 23.3 Å². The van der Waals surface area contributed by atoms with E-state index in [1.165, 1.54) is 202 Å². The molecule has 0 fully saturated rings. The Balaban J connectivity index is 0.0000174. The van der Waals surface area contributed by atoms with Crippen LogP contribution in [0.5, 0.6) is 0 Å². The predicted octanol–water partition coefficient (Wildman–Crippen LogP) is 19.1. The van der Waals surface area contributed by atoms with Crippen LogP contribution in [0.2, 0.25) is 0 Å². The smallest absolute Gasteiger partial charge is 0.0816 e. The minimum absolute atomic E-state index is 0. The molecule has 0 saturated heterocycles. The molecule has 338 valence electrons. The van der Waals surface area contributed by atoms with Gasteiger partial charge in [0.2, 0.25) is 0 Å². The van der Waals surface area contributed by atoms with E-state index in [1.807, 2.05) is 6.21 Å². The van der Waals surface area contributed by atoms with Gasteiger partial charge in [-0.2, -0.15) is 0 Å². The number of unbranched alkanes of at least 4 members (excludes halogenated alkanes) is 26. The molecule has 0 heterocycles. The third kappa shape index (κ3) is 29.2. The quantitative estimate of drug-likeness (QED) is 0.0363. The zero-order valence-electron chi connectivity index (χ0n) is 39.7. The fraction of sp³-hybridized carbons (Fsp3) is 0.714. The summed E-state index contributed by atoms with van der Waals surface area (Å²) in [6.45, 7) is 11.4. The molecule has 0 unspecified atom stereocenters. The molecule has 0 aromatic heterocycles. The van der Waals surface area contributed by atoms with E-state index < -0.39 is 0 Å². The second-order valence-electron chi connectivity index (χ2n) is 17.7. The Morgan fingerprint density at radius 3 is 1.12 bits per heavy atom. The molecule has 0 spiro atoms. The van der Waals surface area contributed by atoms with Crippen LogP contribution in [-0.4, -0.2) is 11.9 Å². The van der Waals surface area contributed by atoms with Gasteiger partial charge in [-0.15, -0.1) is 0 Å². The maximum atomic E-state index is 5.14. The molecule has 2 aromatic carbocycles. The van der Waals surface area contributed by atoms with E-state index in [-0.39, 0.29) is 20.4 Å². The minimum atomic E-state index is 0. The van der Waals surface area contributed by atoms with E-state index in [0.29, 0.717) is 0 Å². The maximum Gasteiger partial charge on any atom is 0.0816 e. The largest absolute Gasteiger partial charge is 0.255 e. The van der Waals surface area contributed by atoms with Crippen LogP contribution in [0.1, 0.15) is 256 Å². The Morgan fingerprint density at radius 2 is 0.729 bits per heavy atom. The van der Waals surface area contributed by atoms with Crippen LogP contribution in [0.4, 0.5) is 11.4 Å². The van der Waals surface area contributed by atoms with Gasteiger partial charge in [0.15, 0.2) is 0 Å². The van der Waals surface area contributed by atoms with Crippen LogP contribution < -0.4 is 0 Å². The number of aliphatic imine (C=N–C) groups is 2. The topological polar surface area (TPSA) is 24.7 Å². The Bertz CT molecular complexity index is 1340. The van der Waals surface area contributed by atoms with Gasteiger partial charge in [0.05, 0.1) is 23.3 Å². The Hall–Kier alpha value is -1.82. The van der Waals surface area contributed by atoms with Gasteiger partial charge in [0.1, 0.15) is 0 Å². The fourth-order valence-electron chi connectivity index (χ4n) is 8.59. The third-order valence-electron chi connectivity index (χ3n) is 12.1. The Kier molecular flexibility index (Phi) is 37.7. The van der Waals surface area contributed by atoms with Crippen LogP contribution in [0, 0.1) is 0 Å². The summed E-state index contributed by atoms with van der Waals surface area (Å²) >= 11 is 0. The van der Waals surface area contributed by atoms with Crippen molar-refractivity contribution in [3.63, 3.8) is 0 Å². The molecule has 2 rings (SSSR count). The van der Waals surface area contributed by atoms with Crippen molar-refractivity contribution in [1.29, 1.82) is 0 Å². The molecule has 0 N–H and O–H groups in total. The molecule has 0 aliphatic rings. The van der Waals surface area contributed by atoms with Gasteiger partial charge in [0.25, 0.3) is 0 Å². The van der Waals surface area contributed by atoms with Gasteiger partial charge in [-0.25, -0.2) is 4.99 Å². The first-order chi connectivity index (χ1) is 28.6. The van der Waals surface area contributed by atoms with E-state index in [1.54, 1.807) is 0 Å². The Morgan fingerprint density at radius 1 is 0.390 bits per heavy atom. The first kappa shape index (κ1) is 55.2. The zero-order valence-corrected chi connectivity index (χ0v) is 41.2. The third-order valence-corrected chi connectivity index (χ3v) is 12.1. The van der Waals surface area contributed by atoms with Crippen molar-refractivity contribution in [2.45, 2.75) is 259 Å². The van der Waals surface area contributed by atoms with Gasteiger partial charge >= 0.3 is 0 Å². The van der Waals surface area contributed by atoms with Gasteiger partial charge in [-0.1, -0.05) is 239 Å². The maximum absolute atomic E-state index is 5.14. The summed E-state index contributed by atoms with van der Waals surface area (Å²) in [6.07, 6.45) is 54.2. The van der Waals surface area contributed by atoms with Crippen LogP contribution >= 0.6 is 0 Å². The summed E-state index contributed by atoms with van der Waals surface area (Å²) in [5, 5.41) is 0. The van der Waals surface area contributed by atoms with Crippen molar-refractivity contribution < 1.29 is 20.4 Å². The summed E-state index contributed by atoms with van der Waals surface area (Å²) in [6, 6.07) is 13.6. The minimum Gasteiger partial charge on any atom is -0.255 e. The van der Waals surface area contributed by atoms with Crippen molar-refractivity contribution in [3.8, 4) is 0 Å². The summed E-state index contributed by atoms with van der Waals surface area (Å²) in [5.41, 5.74) is 8.87. The predicted molar refractivity (Wildman–Crippen MR) is 264 cm³/mol. The number of nitrogens with zero attached hydrogens (tertiary/aromatic N) is 2. The first-order valence-electron chi connectivity index (χ1n) is 25.7. The number of hydrogen-bond acceptors (Lipinski definition) is 2. The average Bonchev–Trinajstić information content (AvgIpc) is 3.23. The number of allylic oxidation sites excluding steroid dienone is 2. The van der Waals surface area contributed by atoms with Gasteiger partial charge in [-0.3, -0.25) is 4.99 Å². The van der Waals surface area contributed by atoms with Crippen LogP contribution in [0.25, 0.3) is 0 Å². The molecule has 0 atom stereocenters. The molecule has 0 saturated carbocycles. The van der Waals surface area contributed by atoms with Crippen molar-refractivity contribution in [2.75, 3.05) is 0 Å². The summed E-state index contributed by atoms with van der Waals surface area (Å²) in [5.74, 6) is 0. The van der Waals surface area contributed by atoms with Crippen LogP contribution in [0.3, 0.4) is 0 Å². The molecule has 0 aliphatic carbocycles. The number of hydrogen-bond donors (Lipinski definition) is 0. The molecule has 2 aromatic rings. The van der Waals surface area contributed by atoms with E-state index >= 15 is 0 Å². The Labute approximate surface area is 381 Å². The molecular weight excluding hydrogens is 807 g/mol. The zero-order chi connectivity index (χ0) is 41.6. The summed E-state index contributed by atoms with van der Waals surface area (Å²) < 4.78 is 0. The van der Waals surface area contributed by atoms with E-state index in [4.69, 9.17) is 9.98 Å². The molecule has 0 bridgehead atoms. The molecular formula is C56H94N2Pd. The number of aryl methyl sites for hydroxylation is 4. The van der Waals surface area contributed by atoms with Crippen LogP contribution in [0.15, 0.2) is 58.5 Å². The standard InChI is InChI=1S/C56H94N2.Pd/c1-6-11-12-13-14-15-16-17-18-19-20-21-22-23-24-25-26-27-28-29-30-31-32-33-34-35-36-37-42-56(58-55-46-44-51(39-8-3)53(48-55)41-10-5)49-57-54-45-43-50(38-7-2)52(47-54)40-9-4;/h37,42-49H,6-36,38-41H2,1-5H3;. The van der Waals surface area contributed by atoms with Crippen LogP contribution in [-0.2, 0) is 46.1 Å². The van der Waals surface area contributed by atoms with Gasteiger partial charge < -0.3 is 0 Å². The van der Waals surface area contributed by atoms with Gasteiger partial charge in [-0.05, 0) is 91.1 Å². The van der Waals surface area contributed by atoms with E-state index in [0.717, 1.165) is 62.0 Å². The van der Waals surface area contributed by atoms with Crippen molar-refractivity contribution in [3.05, 3.63) is 70.8 Å². The second kappa shape index (κ2) is 40.3. The molecule has 0 radical (unpaired) electrons. The van der Waals surface area contributed by atoms with Gasteiger partial charge in [0, 0.05) is 20.4 Å². The molecule has 2 nitrogen and oxygen atoms in total. The average molecular weight is 902 g/mol. The fourth-order valence-corrected chi connectivity index (χ4v) is 8.59. The molecule has 59 heavy (non-hydrogen) atoms. The summed E-state index contributed by atoms with van der Waals surface area (Å²) in [7, 11) is 0. The normalized spacial score (nSPS) is 12.0. The molecule has 3 heteroatoms. The van der Waals surface area contributed by atoms with E-state index in [2.05, 4.69) is 83.2 Å². The number of benzene rings is 2. The SMILES string of the molecule is CCCCCCCCCCCCCCCCCCCCCCCCCCCCC=CC(C=Nc1ccc(CCC)c(CCC)c1)=Nc1ccc(CCC)c(CCC)c1.[Pd]. The molecule has 0 aliphatic heterocycles. The second-order valence-corrected chi connectivity index (χ2v) is 17.7. The number of rotatable bonds is 39. The van der Waals surface area contributed by atoms with Crippen molar-refractivity contribution in [2.24, 2.45) is 9.98 Å². The summed E-state index contributed by atoms with van der Waals surface area (Å²) in [4.78, 5) is 10.1. The van der Waals surface area contributed by atoms with E-state index in [9.17, 15) is 0 Å².